The molecule has 114 valence electrons. The maximum absolute atomic E-state index is 6.05. The standard InChI is InChI=1S/C15H22ClN5/c1-21(2)14-18-12(16)17-13(19-14)20-15-6-9-3-10(7-15)5-11(4-9)8-15/h9-11H,3-8H2,1-2H3,(H,17,18,19,20). The number of hydrogen-bond donors (Lipinski definition) is 1. The van der Waals surface area contributed by atoms with E-state index in [4.69, 9.17) is 11.6 Å². The Hall–Kier alpha value is -1.10. The summed E-state index contributed by atoms with van der Waals surface area (Å²) in [6.07, 6.45) is 8.09. The van der Waals surface area contributed by atoms with Crippen LogP contribution in [0.1, 0.15) is 38.5 Å². The molecular formula is C15H22ClN5. The van der Waals surface area contributed by atoms with E-state index in [-0.39, 0.29) is 10.8 Å². The highest BCUT2D eigenvalue weighted by molar-refractivity contribution is 6.28. The highest BCUT2D eigenvalue weighted by atomic mass is 35.5. The lowest BCUT2D eigenvalue weighted by atomic mass is 9.53. The average Bonchev–Trinajstić information content (AvgIpc) is 2.35. The highest BCUT2D eigenvalue weighted by Crippen LogP contribution is 2.56. The fourth-order valence-electron chi connectivity index (χ4n) is 5.10. The van der Waals surface area contributed by atoms with Gasteiger partial charge in [0.15, 0.2) is 0 Å². The molecule has 0 radical (unpaired) electrons. The van der Waals surface area contributed by atoms with Gasteiger partial charge in [0.1, 0.15) is 0 Å². The van der Waals surface area contributed by atoms with Gasteiger partial charge in [0.2, 0.25) is 17.2 Å². The quantitative estimate of drug-likeness (QED) is 0.930. The first kappa shape index (κ1) is 13.6. The summed E-state index contributed by atoms with van der Waals surface area (Å²) < 4.78 is 0. The molecular weight excluding hydrogens is 286 g/mol. The van der Waals surface area contributed by atoms with Crippen molar-refractivity contribution in [1.82, 2.24) is 15.0 Å². The largest absolute Gasteiger partial charge is 0.349 e. The monoisotopic (exact) mass is 307 g/mol. The molecule has 1 N–H and O–H groups in total. The van der Waals surface area contributed by atoms with E-state index in [1.54, 1.807) is 0 Å². The minimum absolute atomic E-state index is 0.197. The molecule has 6 heteroatoms. The summed E-state index contributed by atoms with van der Waals surface area (Å²) in [4.78, 5) is 14.8. The molecule has 0 saturated heterocycles. The van der Waals surface area contributed by atoms with Crippen LogP contribution in [0.3, 0.4) is 0 Å². The lowest BCUT2D eigenvalue weighted by molar-refractivity contribution is 0.0103. The van der Waals surface area contributed by atoms with Crippen molar-refractivity contribution >= 4 is 23.5 Å². The Morgan fingerprint density at radius 2 is 1.57 bits per heavy atom. The molecule has 4 aliphatic rings. The number of anilines is 2. The second-order valence-electron chi connectivity index (χ2n) is 7.45. The van der Waals surface area contributed by atoms with Crippen molar-refractivity contribution in [3.05, 3.63) is 5.28 Å². The van der Waals surface area contributed by atoms with Crippen molar-refractivity contribution in [1.29, 1.82) is 0 Å². The van der Waals surface area contributed by atoms with Gasteiger partial charge in [0.25, 0.3) is 0 Å². The molecule has 0 atom stereocenters. The van der Waals surface area contributed by atoms with Crippen LogP contribution in [0.25, 0.3) is 0 Å². The summed E-state index contributed by atoms with van der Waals surface area (Å²) in [5.41, 5.74) is 0.197. The highest BCUT2D eigenvalue weighted by Gasteiger charge is 2.51. The van der Waals surface area contributed by atoms with Crippen LogP contribution in [0, 0.1) is 17.8 Å². The fourth-order valence-corrected chi connectivity index (χ4v) is 5.25. The van der Waals surface area contributed by atoms with E-state index in [9.17, 15) is 0 Å². The number of rotatable bonds is 3. The molecule has 4 aliphatic carbocycles. The van der Waals surface area contributed by atoms with E-state index in [1.165, 1.54) is 38.5 Å². The summed E-state index contributed by atoms with van der Waals surface area (Å²) in [7, 11) is 3.83. The summed E-state index contributed by atoms with van der Waals surface area (Å²) in [5.74, 6) is 3.95. The number of halogens is 1. The Balaban J connectivity index is 1.61. The molecule has 1 aromatic rings. The van der Waals surface area contributed by atoms with Gasteiger partial charge in [0, 0.05) is 19.6 Å². The predicted molar refractivity (Wildman–Crippen MR) is 83.7 cm³/mol. The molecule has 5 nitrogen and oxygen atoms in total. The lowest BCUT2D eigenvalue weighted by Crippen LogP contribution is -2.55. The first-order chi connectivity index (χ1) is 10.0. The third-order valence-corrected chi connectivity index (χ3v) is 5.58. The van der Waals surface area contributed by atoms with E-state index in [0.29, 0.717) is 11.9 Å². The van der Waals surface area contributed by atoms with Crippen molar-refractivity contribution in [3.8, 4) is 0 Å². The van der Waals surface area contributed by atoms with Crippen LogP contribution < -0.4 is 10.2 Å². The van der Waals surface area contributed by atoms with Crippen molar-refractivity contribution in [2.45, 2.75) is 44.1 Å². The summed E-state index contributed by atoms with van der Waals surface area (Å²) in [5, 5.41) is 3.91. The van der Waals surface area contributed by atoms with Crippen LogP contribution in [0.5, 0.6) is 0 Å². The van der Waals surface area contributed by atoms with Gasteiger partial charge >= 0.3 is 0 Å². The second kappa shape index (κ2) is 4.70. The molecule has 1 heterocycles. The summed E-state index contributed by atoms with van der Waals surface area (Å²) in [6, 6.07) is 0. The Bertz CT molecular complexity index is 524. The van der Waals surface area contributed by atoms with Crippen molar-refractivity contribution < 1.29 is 0 Å². The van der Waals surface area contributed by atoms with E-state index in [1.807, 2.05) is 19.0 Å². The van der Waals surface area contributed by atoms with Crippen LogP contribution in [-0.4, -0.2) is 34.6 Å². The third kappa shape index (κ3) is 2.45. The Morgan fingerprint density at radius 3 is 2.10 bits per heavy atom. The van der Waals surface area contributed by atoms with Crippen LogP contribution in [0.4, 0.5) is 11.9 Å². The molecule has 0 unspecified atom stereocenters. The lowest BCUT2D eigenvalue weighted by Gasteiger charge is -2.56. The number of nitrogens with one attached hydrogen (secondary N) is 1. The molecule has 4 saturated carbocycles. The zero-order valence-corrected chi connectivity index (χ0v) is 13.4. The molecule has 0 spiro atoms. The minimum Gasteiger partial charge on any atom is -0.349 e. The van der Waals surface area contributed by atoms with Crippen LogP contribution >= 0.6 is 11.6 Å². The zero-order valence-electron chi connectivity index (χ0n) is 12.6. The Labute approximate surface area is 130 Å². The van der Waals surface area contributed by atoms with E-state index in [2.05, 4.69) is 20.3 Å². The fraction of sp³-hybridized carbons (Fsp3) is 0.800. The molecule has 4 fully saturated rings. The molecule has 0 aromatic carbocycles. The summed E-state index contributed by atoms with van der Waals surface area (Å²) in [6.45, 7) is 0. The SMILES string of the molecule is CN(C)c1nc(Cl)nc(NC23CC4CC(CC(C4)C2)C3)n1. The molecule has 0 amide bonds. The third-order valence-electron chi connectivity index (χ3n) is 5.41. The van der Waals surface area contributed by atoms with E-state index < -0.39 is 0 Å². The van der Waals surface area contributed by atoms with E-state index >= 15 is 0 Å². The van der Waals surface area contributed by atoms with Gasteiger partial charge in [-0.3, -0.25) is 0 Å². The van der Waals surface area contributed by atoms with Gasteiger partial charge in [-0.1, -0.05) is 0 Å². The number of nitrogens with zero attached hydrogens (tertiary/aromatic N) is 4. The average molecular weight is 308 g/mol. The smallest absolute Gasteiger partial charge is 0.230 e. The maximum atomic E-state index is 6.05. The van der Waals surface area contributed by atoms with Gasteiger partial charge in [-0.2, -0.15) is 15.0 Å². The molecule has 0 aliphatic heterocycles. The van der Waals surface area contributed by atoms with Gasteiger partial charge < -0.3 is 10.2 Å². The Morgan fingerprint density at radius 1 is 1.00 bits per heavy atom. The minimum atomic E-state index is 0.197. The van der Waals surface area contributed by atoms with Crippen LogP contribution in [0.2, 0.25) is 5.28 Å². The maximum Gasteiger partial charge on any atom is 0.230 e. The zero-order chi connectivity index (χ0) is 14.6. The van der Waals surface area contributed by atoms with Crippen LogP contribution in [-0.2, 0) is 0 Å². The molecule has 1 aromatic heterocycles. The first-order valence-electron chi connectivity index (χ1n) is 7.88. The van der Waals surface area contributed by atoms with Gasteiger partial charge in [-0.25, -0.2) is 0 Å². The van der Waals surface area contributed by atoms with Crippen molar-refractivity contribution in [2.24, 2.45) is 17.8 Å². The molecule has 21 heavy (non-hydrogen) atoms. The topological polar surface area (TPSA) is 53.9 Å². The van der Waals surface area contributed by atoms with Gasteiger partial charge in [-0.15, -0.1) is 0 Å². The van der Waals surface area contributed by atoms with Crippen LogP contribution in [0.15, 0.2) is 0 Å². The van der Waals surface area contributed by atoms with Gasteiger partial charge in [0.05, 0.1) is 0 Å². The number of hydrogen-bond acceptors (Lipinski definition) is 5. The molecule has 5 rings (SSSR count). The normalized spacial score (nSPS) is 36.8. The van der Waals surface area contributed by atoms with Crippen molar-refractivity contribution in [2.75, 3.05) is 24.3 Å². The second-order valence-corrected chi connectivity index (χ2v) is 7.78. The number of aromatic nitrogens is 3. The van der Waals surface area contributed by atoms with Crippen molar-refractivity contribution in [3.63, 3.8) is 0 Å². The summed E-state index contributed by atoms with van der Waals surface area (Å²) >= 11 is 6.05. The van der Waals surface area contributed by atoms with E-state index in [0.717, 1.165) is 17.8 Å². The first-order valence-corrected chi connectivity index (χ1v) is 8.26. The predicted octanol–water partition coefficient (Wildman–Crippen LogP) is 2.97. The Kier molecular flexibility index (Phi) is 3.03. The van der Waals surface area contributed by atoms with Gasteiger partial charge in [-0.05, 0) is 67.9 Å². The molecule has 4 bridgehead atoms.